The standard InChI is InChI=1S/C16H14F4N2O3/c17-12-3-1-2-4-13(12)24-9-14(23)22-8-11-5-6-21-15(7-11)25-10-16(18,19)20/h1-7H,8-10H2,(H,22,23). The Morgan fingerprint density at radius 3 is 2.64 bits per heavy atom. The first-order valence-corrected chi connectivity index (χ1v) is 7.12. The molecule has 1 amide bonds. The van der Waals surface area contributed by atoms with E-state index in [0.717, 1.165) is 0 Å². The average molecular weight is 358 g/mol. The molecule has 0 saturated heterocycles. The van der Waals surface area contributed by atoms with Crippen molar-refractivity contribution in [1.82, 2.24) is 10.3 Å². The predicted molar refractivity (Wildman–Crippen MR) is 79.5 cm³/mol. The number of halogens is 4. The molecule has 0 aliphatic carbocycles. The first-order chi connectivity index (χ1) is 11.8. The Bertz CT molecular complexity index is 723. The van der Waals surface area contributed by atoms with E-state index in [9.17, 15) is 22.4 Å². The van der Waals surface area contributed by atoms with E-state index in [2.05, 4.69) is 15.0 Å². The van der Waals surface area contributed by atoms with Crippen LogP contribution in [-0.4, -0.2) is 30.3 Å². The molecular formula is C16H14F4N2O3. The zero-order valence-electron chi connectivity index (χ0n) is 12.8. The molecule has 134 valence electrons. The number of hydrogen-bond acceptors (Lipinski definition) is 4. The normalized spacial score (nSPS) is 11.0. The van der Waals surface area contributed by atoms with Crippen LogP contribution in [-0.2, 0) is 11.3 Å². The number of carbonyl (C=O) groups excluding carboxylic acids is 1. The van der Waals surface area contributed by atoms with Gasteiger partial charge in [-0.15, -0.1) is 0 Å². The number of nitrogens with zero attached hydrogens (tertiary/aromatic N) is 1. The van der Waals surface area contributed by atoms with Crippen LogP contribution < -0.4 is 14.8 Å². The highest BCUT2D eigenvalue weighted by molar-refractivity contribution is 5.77. The summed E-state index contributed by atoms with van der Waals surface area (Å²) < 4.78 is 59.2. The number of benzene rings is 1. The van der Waals surface area contributed by atoms with Crippen LogP contribution in [0.2, 0.25) is 0 Å². The number of carbonyl (C=O) groups is 1. The maximum Gasteiger partial charge on any atom is 0.422 e. The van der Waals surface area contributed by atoms with Crippen molar-refractivity contribution in [2.45, 2.75) is 12.7 Å². The fourth-order valence-electron chi connectivity index (χ4n) is 1.75. The number of para-hydroxylation sites is 1. The van der Waals surface area contributed by atoms with Crippen LogP contribution in [0.3, 0.4) is 0 Å². The van der Waals surface area contributed by atoms with E-state index in [0.29, 0.717) is 5.56 Å². The van der Waals surface area contributed by atoms with Gasteiger partial charge in [-0.3, -0.25) is 4.79 Å². The zero-order chi connectivity index (χ0) is 18.3. The summed E-state index contributed by atoms with van der Waals surface area (Å²) >= 11 is 0. The number of nitrogens with one attached hydrogen (secondary N) is 1. The molecule has 0 unspecified atom stereocenters. The Morgan fingerprint density at radius 2 is 1.92 bits per heavy atom. The molecule has 1 aromatic carbocycles. The van der Waals surface area contributed by atoms with E-state index in [4.69, 9.17) is 4.74 Å². The highest BCUT2D eigenvalue weighted by atomic mass is 19.4. The van der Waals surface area contributed by atoms with Gasteiger partial charge < -0.3 is 14.8 Å². The number of pyridine rings is 1. The van der Waals surface area contributed by atoms with E-state index in [-0.39, 0.29) is 18.2 Å². The van der Waals surface area contributed by atoms with Gasteiger partial charge in [0.2, 0.25) is 5.88 Å². The van der Waals surface area contributed by atoms with Gasteiger partial charge in [0.25, 0.3) is 5.91 Å². The molecule has 0 spiro atoms. The number of ether oxygens (including phenoxy) is 2. The SMILES string of the molecule is O=C(COc1ccccc1F)NCc1ccnc(OCC(F)(F)F)c1. The van der Waals surface area contributed by atoms with Crippen molar-refractivity contribution < 1.29 is 31.8 Å². The fraction of sp³-hybridized carbons (Fsp3) is 0.250. The molecule has 2 aromatic rings. The van der Waals surface area contributed by atoms with Crippen molar-refractivity contribution in [3.63, 3.8) is 0 Å². The van der Waals surface area contributed by atoms with Gasteiger partial charge in [-0.2, -0.15) is 13.2 Å². The highest BCUT2D eigenvalue weighted by Gasteiger charge is 2.28. The minimum Gasteiger partial charge on any atom is -0.481 e. The topological polar surface area (TPSA) is 60.5 Å². The lowest BCUT2D eigenvalue weighted by molar-refractivity contribution is -0.154. The first kappa shape index (κ1) is 18.5. The fourth-order valence-corrected chi connectivity index (χ4v) is 1.75. The summed E-state index contributed by atoms with van der Waals surface area (Å²) in [4.78, 5) is 15.3. The molecule has 2 rings (SSSR count). The smallest absolute Gasteiger partial charge is 0.422 e. The van der Waals surface area contributed by atoms with Crippen LogP contribution in [0.5, 0.6) is 11.6 Å². The lowest BCUT2D eigenvalue weighted by Gasteiger charge is -2.10. The van der Waals surface area contributed by atoms with Crippen molar-refractivity contribution in [1.29, 1.82) is 0 Å². The lowest BCUT2D eigenvalue weighted by Crippen LogP contribution is -2.28. The van der Waals surface area contributed by atoms with Crippen LogP contribution in [0.15, 0.2) is 42.6 Å². The van der Waals surface area contributed by atoms with E-state index in [1.807, 2.05) is 0 Å². The predicted octanol–water partition coefficient (Wildman–Crippen LogP) is 2.86. The summed E-state index contributed by atoms with van der Waals surface area (Å²) in [6, 6.07) is 8.44. The summed E-state index contributed by atoms with van der Waals surface area (Å²) in [7, 11) is 0. The number of alkyl halides is 3. The minimum absolute atomic E-state index is 0.0321. The van der Waals surface area contributed by atoms with Crippen molar-refractivity contribution >= 4 is 5.91 Å². The molecule has 0 bridgehead atoms. The Morgan fingerprint density at radius 1 is 1.16 bits per heavy atom. The molecule has 0 radical (unpaired) electrons. The van der Waals surface area contributed by atoms with E-state index >= 15 is 0 Å². The van der Waals surface area contributed by atoms with Gasteiger partial charge in [0.1, 0.15) is 0 Å². The van der Waals surface area contributed by atoms with Gasteiger partial charge in [0.05, 0.1) is 0 Å². The van der Waals surface area contributed by atoms with Crippen molar-refractivity contribution in [2.24, 2.45) is 0 Å². The number of hydrogen-bond donors (Lipinski definition) is 1. The van der Waals surface area contributed by atoms with Gasteiger partial charge >= 0.3 is 6.18 Å². The van der Waals surface area contributed by atoms with Crippen LogP contribution >= 0.6 is 0 Å². The molecular weight excluding hydrogens is 344 g/mol. The van der Waals surface area contributed by atoms with Crippen LogP contribution in [0.1, 0.15) is 5.56 Å². The lowest BCUT2D eigenvalue weighted by atomic mass is 10.2. The summed E-state index contributed by atoms with van der Waals surface area (Å²) in [6.07, 6.45) is -3.20. The molecule has 0 aliphatic rings. The maximum atomic E-state index is 13.3. The first-order valence-electron chi connectivity index (χ1n) is 7.12. The van der Waals surface area contributed by atoms with Gasteiger partial charge in [-0.05, 0) is 23.8 Å². The largest absolute Gasteiger partial charge is 0.481 e. The summed E-state index contributed by atoms with van der Waals surface area (Å²) in [5.41, 5.74) is 0.492. The van der Waals surface area contributed by atoms with Gasteiger partial charge in [0.15, 0.2) is 24.8 Å². The minimum atomic E-state index is -4.46. The van der Waals surface area contributed by atoms with E-state index < -0.39 is 31.1 Å². The molecule has 0 fully saturated rings. The summed E-state index contributed by atoms with van der Waals surface area (Å²) in [5, 5.41) is 2.50. The Labute approximate surface area is 140 Å². The highest BCUT2D eigenvalue weighted by Crippen LogP contribution is 2.17. The quantitative estimate of drug-likeness (QED) is 0.774. The molecule has 1 aromatic heterocycles. The monoisotopic (exact) mass is 358 g/mol. The average Bonchev–Trinajstić information content (AvgIpc) is 2.57. The Hall–Kier alpha value is -2.84. The van der Waals surface area contributed by atoms with Gasteiger partial charge in [0, 0.05) is 18.8 Å². The summed E-state index contributed by atoms with van der Waals surface area (Å²) in [5.74, 6) is -1.36. The van der Waals surface area contributed by atoms with Crippen LogP contribution in [0, 0.1) is 5.82 Å². The molecule has 5 nitrogen and oxygen atoms in total. The van der Waals surface area contributed by atoms with Crippen molar-refractivity contribution in [3.8, 4) is 11.6 Å². The van der Waals surface area contributed by atoms with E-state index in [1.165, 1.54) is 36.5 Å². The summed E-state index contributed by atoms with van der Waals surface area (Å²) in [6.45, 7) is -1.82. The van der Waals surface area contributed by atoms with E-state index in [1.54, 1.807) is 6.07 Å². The second kappa shape index (κ2) is 8.32. The molecule has 0 saturated carbocycles. The second-order valence-electron chi connectivity index (χ2n) is 4.90. The van der Waals surface area contributed by atoms with Gasteiger partial charge in [-0.25, -0.2) is 9.37 Å². The zero-order valence-corrected chi connectivity index (χ0v) is 12.8. The third-order valence-electron chi connectivity index (χ3n) is 2.87. The maximum absolute atomic E-state index is 13.3. The molecule has 1 N–H and O–H groups in total. The number of rotatable bonds is 7. The molecule has 1 heterocycles. The van der Waals surface area contributed by atoms with Crippen molar-refractivity contribution in [3.05, 3.63) is 54.0 Å². The van der Waals surface area contributed by atoms with Crippen LogP contribution in [0.25, 0.3) is 0 Å². The third kappa shape index (κ3) is 6.66. The molecule has 0 aliphatic heterocycles. The third-order valence-corrected chi connectivity index (χ3v) is 2.87. The number of amides is 1. The molecule has 0 atom stereocenters. The Balaban J connectivity index is 1.80. The molecule has 9 heteroatoms. The Kier molecular flexibility index (Phi) is 6.15. The number of aromatic nitrogens is 1. The molecule has 25 heavy (non-hydrogen) atoms. The van der Waals surface area contributed by atoms with Gasteiger partial charge in [-0.1, -0.05) is 12.1 Å². The van der Waals surface area contributed by atoms with Crippen LogP contribution in [0.4, 0.5) is 17.6 Å². The van der Waals surface area contributed by atoms with Crippen molar-refractivity contribution in [2.75, 3.05) is 13.2 Å². The second-order valence-corrected chi connectivity index (χ2v) is 4.90.